The van der Waals surface area contributed by atoms with E-state index < -0.39 is 11.9 Å². The van der Waals surface area contributed by atoms with E-state index in [2.05, 4.69) is 0 Å². The number of amides is 1. The van der Waals surface area contributed by atoms with Gasteiger partial charge in [0, 0.05) is 30.7 Å². The molecule has 0 spiro atoms. The lowest BCUT2D eigenvalue weighted by Gasteiger charge is -2.37. The number of hydrogen-bond acceptors (Lipinski definition) is 3. The molecule has 1 N–H and O–H groups in total. The largest absolute Gasteiger partial charge is 0.393 e. The fraction of sp³-hybridized carbons (Fsp3) is 0.562. The van der Waals surface area contributed by atoms with E-state index in [0.717, 1.165) is 12.8 Å². The highest BCUT2D eigenvalue weighted by Crippen LogP contribution is 2.31. The molecule has 2 fully saturated rings. The standard InChI is InChI=1S/C16H19ClFNO3/c17-12-8-10(3-4-13(12)18)16(21)19-6-1-2-14(19)11-9-22-7-5-15(11)20/h3-4,8,11,14-15,20H,1-2,5-7,9H2/t11-,14+,15+/m0/s1. The van der Waals surface area contributed by atoms with Gasteiger partial charge in [-0.2, -0.15) is 0 Å². The fourth-order valence-corrected chi connectivity index (χ4v) is 3.58. The highest BCUT2D eigenvalue weighted by atomic mass is 35.5. The van der Waals surface area contributed by atoms with Crippen LogP contribution in [-0.2, 0) is 4.74 Å². The number of halogens is 2. The van der Waals surface area contributed by atoms with Crippen molar-refractivity contribution >= 4 is 17.5 Å². The number of benzene rings is 1. The molecule has 2 saturated heterocycles. The van der Waals surface area contributed by atoms with Gasteiger partial charge in [0.25, 0.3) is 5.91 Å². The summed E-state index contributed by atoms with van der Waals surface area (Å²) >= 11 is 5.77. The Hall–Kier alpha value is -1.17. The molecule has 3 rings (SSSR count). The summed E-state index contributed by atoms with van der Waals surface area (Å²) in [5, 5.41) is 10.1. The summed E-state index contributed by atoms with van der Waals surface area (Å²) in [4.78, 5) is 14.5. The van der Waals surface area contributed by atoms with Crippen molar-refractivity contribution in [3.63, 3.8) is 0 Å². The van der Waals surface area contributed by atoms with Crippen LogP contribution in [-0.4, -0.2) is 47.8 Å². The Morgan fingerprint density at radius 1 is 1.41 bits per heavy atom. The molecule has 2 heterocycles. The van der Waals surface area contributed by atoms with Gasteiger partial charge in [-0.1, -0.05) is 11.6 Å². The Morgan fingerprint density at radius 3 is 2.95 bits per heavy atom. The van der Waals surface area contributed by atoms with E-state index >= 15 is 0 Å². The number of nitrogens with zero attached hydrogens (tertiary/aromatic N) is 1. The third-order valence-corrected chi connectivity index (χ3v) is 4.87. The van der Waals surface area contributed by atoms with Crippen LogP contribution in [0, 0.1) is 11.7 Å². The van der Waals surface area contributed by atoms with Crippen molar-refractivity contribution in [2.45, 2.75) is 31.4 Å². The highest BCUT2D eigenvalue weighted by molar-refractivity contribution is 6.31. The Balaban J connectivity index is 1.79. The van der Waals surface area contributed by atoms with Gasteiger partial charge in [0.1, 0.15) is 5.82 Å². The zero-order chi connectivity index (χ0) is 15.7. The summed E-state index contributed by atoms with van der Waals surface area (Å²) in [5.74, 6) is -0.759. The van der Waals surface area contributed by atoms with Gasteiger partial charge in [-0.15, -0.1) is 0 Å². The monoisotopic (exact) mass is 327 g/mol. The summed E-state index contributed by atoms with van der Waals surface area (Å²) < 4.78 is 18.7. The number of rotatable bonds is 2. The Labute approximate surface area is 133 Å². The minimum Gasteiger partial charge on any atom is -0.393 e. The maximum Gasteiger partial charge on any atom is 0.254 e. The zero-order valence-corrected chi connectivity index (χ0v) is 12.9. The smallest absolute Gasteiger partial charge is 0.254 e. The first-order valence-corrected chi connectivity index (χ1v) is 7.97. The number of likely N-dealkylation sites (tertiary alicyclic amines) is 1. The van der Waals surface area contributed by atoms with E-state index in [4.69, 9.17) is 16.3 Å². The van der Waals surface area contributed by atoms with Crippen LogP contribution in [0.3, 0.4) is 0 Å². The molecule has 0 unspecified atom stereocenters. The predicted molar refractivity (Wildman–Crippen MR) is 80.4 cm³/mol. The fourth-order valence-electron chi connectivity index (χ4n) is 3.40. The van der Waals surface area contributed by atoms with Gasteiger partial charge in [0.2, 0.25) is 0 Å². The van der Waals surface area contributed by atoms with Crippen LogP contribution in [0.5, 0.6) is 0 Å². The number of aliphatic hydroxyl groups is 1. The van der Waals surface area contributed by atoms with Gasteiger partial charge in [-0.3, -0.25) is 4.79 Å². The summed E-state index contributed by atoms with van der Waals surface area (Å²) in [6.07, 6.45) is 1.91. The lowest BCUT2D eigenvalue weighted by Crippen LogP contribution is -2.48. The van der Waals surface area contributed by atoms with Crippen molar-refractivity contribution in [1.29, 1.82) is 0 Å². The number of ether oxygens (including phenoxy) is 1. The molecule has 6 heteroatoms. The van der Waals surface area contributed by atoms with Crippen LogP contribution < -0.4 is 0 Å². The van der Waals surface area contributed by atoms with E-state index in [-0.39, 0.29) is 22.9 Å². The summed E-state index contributed by atoms with van der Waals surface area (Å²) in [6, 6.07) is 3.99. The molecule has 0 aromatic heterocycles. The quantitative estimate of drug-likeness (QED) is 0.908. The van der Waals surface area contributed by atoms with Crippen LogP contribution in [0.4, 0.5) is 4.39 Å². The summed E-state index contributed by atoms with van der Waals surface area (Å²) in [7, 11) is 0. The molecule has 0 bridgehead atoms. The maximum atomic E-state index is 13.3. The molecule has 1 aromatic rings. The van der Waals surface area contributed by atoms with Crippen LogP contribution in [0.25, 0.3) is 0 Å². The molecule has 0 radical (unpaired) electrons. The van der Waals surface area contributed by atoms with Gasteiger partial charge in [0.05, 0.1) is 17.7 Å². The molecule has 0 saturated carbocycles. The third kappa shape index (κ3) is 2.98. The number of carbonyl (C=O) groups is 1. The summed E-state index contributed by atoms with van der Waals surface area (Å²) in [5.41, 5.74) is 0.379. The van der Waals surface area contributed by atoms with Crippen molar-refractivity contribution in [2.75, 3.05) is 19.8 Å². The molecule has 1 aromatic carbocycles. The molecule has 4 nitrogen and oxygen atoms in total. The predicted octanol–water partition coefficient (Wildman–Crippen LogP) is 2.48. The first kappa shape index (κ1) is 15.7. The summed E-state index contributed by atoms with van der Waals surface area (Å²) in [6.45, 7) is 1.67. The molecule has 22 heavy (non-hydrogen) atoms. The van der Waals surface area contributed by atoms with Crippen LogP contribution >= 0.6 is 11.6 Å². The molecule has 1 amide bonds. The van der Waals surface area contributed by atoms with Crippen LogP contribution in [0.1, 0.15) is 29.6 Å². The molecular weight excluding hydrogens is 309 g/mol. The van der Waals surface area contributed by atoms with Gasteiger partial charge in [-0.05, 0) is 37.5 Å². The van der Waals surface area contributed by atoms with E-state index in [1.165, 1.54) is 18.2 Å². The molecule has 120 valence electrons. The molecular formula is C16H19ClFNO3. The molecule has 3 atom stereocenters. The normalized spacial score (nSPS) is 28.9. The molecule has 2 aliphatic heterocycles. The van der Waals surface area contributed by atoms with E-state index in [0.29, 0.717) is 31.7 Å². The lowest BCUT2D eigenvalue weighted by atomic mass is 9.89. The topological polar surface area (TPSA) is 49.8 Å². The second-order valence-corrected chi connectivity index (χ2v) is 6.34. The SMILES string of the molecule is O=C(c1ccc(F)c(Cl)c1)N1CCC[C@@H]1[C@@H]1COCC[C@H]1O. The Morgan fingerprint density at radius 2 is 2.23 bits per heavy atom. The minimum atomic E-state index is -0.535. The minimum absolute atomic E-state index is 0.0355. The van der Waals surface area contributed by atoms with E-state index in [1.54, 1.807) is 4.90 Å². The number of hydrogen-bond donors (Lipinski definition) is 1. The Kier molecular flexibility index (Phi) is 4.66. The maximum absolute atomic E-state index is 13.3. The van der Waals surface area contributed by atoms with Crippen molar-refractivity contribution in [3.8, 4) is 0 Å². The van der Waals surface area contributed by atoms with Gasteiger partial charge in [-0.25, -0.2) is 4.39 Å². The number of carbonyl (C=O) groups excluding carboxylic acids is 1. The van der Waals surface area contributed by atoms with Crippen molar-refractivity contribution in [2.24, 2.45) is 5.92 Å². The molecule has 2 aliphatic rings. The van der Waals surface area contributed by atoms with Crippen molar-refractivity contribution in [3.05, 3.63) is 34.6 Å². The van der Waals surface area contributed by atoms with Gasteiger partial charge >= 0.3 is 0 Å². The molecule has 0 aliphatic carbocycles. The average Bonchev–Trinajstić information content (AvgIpc) is 2.99. The van der Waals surface area contributed by atoms with Gasteiger partial charge < -0.3 is 14.7 Å². The number of aliphatic hydroxyl groups excluding tert-OH is 1. The second kappa shape index (κ2) is 6.52. The Bertz CT molecular complexity index is 568. The van der Waals surface area contributed by atoms with Crippen LogP contribution in [0.2, 0.25) is 5.02 Å². The zero-order valence-electron chi connectivity index (χ0n) is 12.2. The first-order chi connectivity index (χ1) is 10.6. The lowest BCUT2D eigenvalue weighted by molar-refractivity contribution is -0.0589. The van der Waals surface area contributed by atoms with Crippen molar-refractivity contribution < 1.29 is 19.0 Å². The van der Waals surface area contributed by atoms with Crippen molar-refractivity contribution in [1.82, 2.24) is 4.90 Å². The van der Waals surface area contributed by atoms with Gasteiger partial charge in [0.15, 0.2) is 0 Å². The average molecular weight is 328 g/mol. The van der Waals surface area contributed by atoms with E-state index in [9.17, 15) is 14.3 Å². The second-order valence-electron chi connectivity index (χ2n) is 5.93. The first-order valence-electron chi connectivity index (χ1n) is 7.60. The van der Waals surface area contributed by atoms with Crippen LogP contribution in [0.15, 0.2) is 18.2 Å². The highest BCUT2D eigenvalue weighted by Gasteiger charge is 2.39. The third-order valence-electron chi connectivity index (χ3n) is 4.58. The van der Waals surface area contributed by atoms with E-state index in [1.807, 2.05) is 0 Å².